The third-order valence-electron chi connectivity index (χ3n) is 7.18. The monoisotopic (exact) mass is 409 g/mol. The normalized spacial score (nSPS) is 35.9. The lowest BCUT2D eigenvalue weighted by Crippen LogP contribution is -2.45. The summed E-state index contributed by atoms with van der Waals surface area (Å²) in [7, 11) is 0. The Kier molecular flexibility index (Phi) is 5.13. The van der Waals surface area contributed by atoms with Crippen LogP contribution in [0.1, 0.15) is 52.0 Å². The first-order chi connectivity index (χ1) is 14.1. The van der Waals surface area contributed by atoms with Crippen LogP contribution in [-0.4, -0.2) is 27.6 Å². The van der Waals surface area contributed by atoms with Crippen molar-refractivity contribution >= 4 is 11.7 Å². The molecule has 3 N–H and O–H groups in total. The Bertz CT molecular complexity index is 931. The third kappa shape index (κ3) is 3.83. The van der Waals surface area contributed by atoms with E-state index in [0.717, 1.165) is 24.8 Å². The second kappa shape index (κ2) is 7.38. The largest absolute Gasteiger partial charge is 0.508 e. The highest BCUT2D eigenvalue weighted by atomic mass is 16.3. The van der Waals surface area contributed by atoms with Gasteiger partial charge in [0.15, 0.2) is 11.5 Å². The maximum absolute atomic E-state index is 13.5. The minimum Gasteiger partial charge on any atom is -0.508 e. The summed E-state index contributed by atoms with van der Waals surface area (Å²) in [5.74, 6) is 0.128. The molecule has 5 nitrogen and oxygen atoms in total. The molecule has 5 atom stereocenters. The van der Waals surface area contributed by atoms with E-state index in [-0.39, 0.29) is 40.8 Å². The molecule has 1 amide bonds. The van der Waals surface area contributed by atoms with Crippen LogP contribution in [0.15, 0.2) is 47.6 Å². The van der Waals surface area contributed by atoms with E-state index in [1.165, 1.54) is 23.8 Å². The topological polar surface area (TPSA) is 86.6 Å². The smallest absolute Gasteiger partial charge is 0.257 e. The molecule has 0 spiro atoms. The number of nitrogens with one attached hydrogen (secondary N) is 1. The van der Waals surface area contributed by atoms with Gasteiger partial charge in [-0.1, -0.05) is 44.1 Å². The lowest BCUT2D eigenvalue weighted by Gasteiger charge is -2.48. The molecule has 5 heteroatoms. The highest BCUT2D eigenvalue weighted by Crippen LogP contribution is 2.53. The van der Waals surface area contributed by atoms with Crippen LogP contribution in [0, 0.1) is 23.2 Å². The van der Waals surface area contributed by atoms with E-state index in [9.17, 15) is 19.8 Å². The lowest BCUT2D eigenvalue weighted by molar-refractivity contribution is -0.127. The average Bonchev–Trinajstić information content (AvgIpc) is 2.95. The summed E-state index contributed by atoms with van der Waals surface area (Å²) in [6, 6.07) is 6.45. The number of benzene rings is 1. The molecule has 1 fully saturated rings. The highest BCUT2D eigenvalue weighted by Gasteiger charge is 2.49. The Morgan fingerprint density at radius 2 is 1.90 bits per heavy atom. The van der Waals surface area contributed by atoms with Crippen LogP contribution in [0.25, 0.3) is 0 Å². The van der Waals surface area contributed by atoms with Gasteiger partial charge in [-0.25, -0.2) is 0 Å². The molecule has 0 radical (unpaired) electrons. The van der Waals surface area contributed by atoms with Crippen molar-refractivity contribution in [2.24, 2.45) is 23.2 Å². The number of phenolic OH excluding ortho intramolecular Hbond substituents is 1. The van der Waals surface area contributed by atoms with Crippen LogP contribution in [0.2, 0.25) is 0 Å². The van der Waals surface area contributed by atoms with Gasteiger partial charge in [0.25, 0.3) is 5.91 Å². The zero-order valence-electron chi connectivity index (χ0n) is 17.9. The van der Waals surface area contributed by atoms with Gasteiger partial charge >= 0.3 is 0 Å². The van der Waals surface area contributed by atoms with Gasteiger partial charge in [0.05, 0.1) is 5.57 Å². The van der Waals surface area contributed by atoms with E-state index in [1.54, 1.807) is 12.1 Å². The summed E-state index contributed by atoms with van der Waals surface area (Å²) in [5, 5.41) is 23.0. The molecule has 1 saturated carbocycles. The predicted molar refractivity (Wildman–Crippen MR) is 114 cm³/mol. The highest BCUT2D eigenvalue weighted by molar-refractivity contribution is 6.22. The summed E-state index contributed by atoms with van der Waals surface area (Å²) in [5.41, 5.74) is 0.434. The number of hydrogen-bond acceptors (Lipinski definition) is 4. The molecule has 0 bridgehead atoms. The standard InChI is InChI=1S/C25H31NO4/c1-15-4-9-21-19(10-16(2)12-24(21,3)11-15)22(28)20-14-25(30,26-23(20)29)13-17-5-7-18(27)8-6-17/h5-8,12,14-15,19,21,27,30H,4,9-11,13H2,1-3H3,(H,26,29)/t15-,19-,21?,24+,25?/m0/s1. The fourth-order valence-electron chi connectivity index (χ4n) is 6.02. The number of aliphatic hydroxyl groups is 1. The van der Waals surface area contributed by atoms with E-state index in [1.807, 2.05) is 0 Å². The fourth-order valence-corrected chi connectivity index (χ4v) is 6.02. The first-order valence-electron chi connectivity index (χ1n) is 10.9. The molecule has 2 aliphatic carbocycles. The summed E-state index contributed by atoms with van der Waals surface area (Å²) in [4.78, 5) is 26.2. The van der Waals surface area contributed by atoms with Crippen LogP contribution in [0.3, 0.4) is 0 Å². The maximum Gasteiger partial charge on any atom is 0.257 e. The van der Waals surface area contributed by atoms with Crippen molar-refractivity contribution in [1.29, 1.82) is 0 Å². The summed E-state index contributed by atoms with van der Waals surface area (Å²) >= 11 is 0. The Labute approximate surface area is 177 Å². The first-order valence-corrected chi connectivity index (χ1v) is 10.9. The third-order valence-corrected chi connectivity index (χ3v) is 7.18. The Morgan fingerprint density at radius 3 is 2.60 bits per heavy atom. The van der Waals surface area contributed by atoms with Gasteiger partial charge in [0, 0.05) is 12.3 Å². The van der Waals surface area contributed by atoms with Crippen molar-refractivity contribution in [3.8, 4) is 5.75 Å². The zero-order valence-corrected chi connectivity index (χ0v) is 17.9. The molecular formula is C25H31NO4. The van der Waals surface area contributed by atoms with Crippen molar-refractivity contribution in [2.75, 3.05) is 0 Å². The van der Waals surface area contributed by atoms with Crippen molar-refractivity contribution in [2.45, 2.75) is 58.6 Å². The van der Waals surface area contributed by atoms with Gasteiger partial charge in [-0.2, -0.15) is 0 Å². The number of carbonyl (C=O) groups is 2. The fraction of sp³-hybridized carbons (Fsp3) is 0.520. The van der Waals surface area contributed by atoms with Gasteiger partial charge in [0.2, 0.25) is 0 Å². The van der Waals surface area contributed by atoms with Gasteiger partial charge in [-0.05, 0) is 67.2 Å². The van der Waals surface area contributed by atoms with Crippen LogP contribution in [-0.2, 0) is 16.0 Å². The average molecular weight is 410 g/mol. The van der Waals surface area contributed by atoms with Crippen LogP contribution < -0.4 is 5.32 Å². The second-order valence-electron chi connectivity index (χ2n) is 9.94. The number of hydrogen-bond donors (Lipinski definition) is 3. The van der Waals surface area contributed by atoms with Crippen molar-refractivity contribution in [3.63, 3.8) is 0 Å². The molecule has 0 saturated heterocycles. The number of aromatic hydroxyl groups is 1. The minimum absolute atomic E-state index is 0.0156. The minimum atomic E-state index is -1.59. The molecule has 1 aliphatic heterocycles. The van der Waals surface area contributed by atoms with Gasteiger partial charge in [-0.15, -0.1) is 0 Å². The number of carbonyl (C=O) groups excluding carboxylic acids is 2. The number of fused-ring (bicyclic) bond motifs is 1. The predicted octanol–water partition coefficient (Wildman–Crippen LogP) is 3.66. The number of phenols is 1. The SMILES string of the molecule is CC1=C[C@@]2(C)C[C@@H](C)CCC2[C@@H](C(=O)C2=CC(O)(Cc3ccc(O)cc3)NC2=O)C1. The quantitative estimate of drug-likeness (QED) is 0.523. The molecule has 1 aromatic rings. The summed E-state index contributed by atoms with van der Waals surface area (Å²) < 4.78 is 0. The Balaban J connectivity index is 1.59. The van der Waals surface area contributed by atoms with Crippen LogP contribution in [0.4, 0.5) is 0 Å². The number of Topliss-reactive ketones (excluding diaryl/α,β-unsaturated/α-hetero) is 1. The number of amides is 1. The molecule has 4 rings (SSSR count). The maximum atomic E-state index is 13.5. The van der Waals surface area contributed by atoms with E-state index < -0.39 is 11.6 Å². The van der Waals surface area contributed by atoms with Gasteiger partial charge < -0.3 is 15.5 Å². The van der Waals surface area contributed by atoms with E-state index in [4.69, 9.17) is 0 Å². The molecular weight excluding hydrogens is 378 g/mol. The molecule has 30 heavy (non-hydrogen) atoms. The number of rotatable bonds is 4. The molecule has 1 aromatic carbocycles. The molecule has 2 unspecified atom stereocenters. The molecule has 1 heterocycles. The Morgan fingerprint density at radius 1 is 1.20 bits per heavy atom. The molecule has 0 aromatic heterocycles. The van der Waals surface area contributed by atoms with Gasteiger partial charge in [-0.3, -0.25) is 9.59 Å². The lowest BCUT2D eigenvalue weighted by atomic mass is 9.55. The van der Waals surface area contributed by atoms with E-state index >= 15 is 0 Å². The summed E-state index contributed by atoms with van der Waals surface area (Å²) in [6.07, 6.45) is 7.72. The molecule has 3 aliphatic rings. The van der Waals surface area contributed by atoms with Crippen LogP contribution in [0.5, 0.6) is 5.75 Å². The zero-order chi connectivity index (χ0) is 21.7. The number of allylic oxidation sites excluding steroid dienone is 2. The van der Waals surface area contributed by atoms with Crippen LogP contribution >= 0.6 is 0 Å². The Hall–Kier alpha value is -2.40. The van der Waals surface area contributed by atoms with Crippen molar-refractivity contribution in [3.05, 3.63) is 53.1 Å². The number of ketones is 1. The summed E-state index contributed by atoms with van der Waals surface area (Å²) in [6.45, 7) is 6.60. The van der Waals surface area contributed by atoms with Gasteiger partial charge in [0.1, 0.15) is 5.75 Å². The first kappa shape index (κ1) is 20.9. The van der Waals surface area contributed by atoms with Crippen molar-refractivity contribution in [1.82, 2.24) is 5.32 Å². The molecule has 160 valence electrons. The van der Waals surface area contributed by atoms with E-state index in [2.05, 4.69) is 32.2 Å². The second-order valence-corrected chi connectivity index (χ2v) is 9.94. The van der Waals surface area contributed by atoms with E-state index in [0.29, 0.717) is 12.3 Å². The van der Waals surface area contributed by atoms with Crippen molar-refractivity contribution < 1.29 is 19.8 Å².